The van der Waals surface area contributed by atoms with E-state index in [2.05, 4.69) is 15.6 Å². The zero-order chi connectivity index (χ0) is 20.9. The van der Waals surface area contributed by atoms with Gasteiger partial charge in [0.05, 0.1) is 28.8 Å². The van der Waals surface area contributed by atoms with Crippen molar-refractivity contribution in [1.29, 1.82) is 0 Å². The Morgan fingerprint density at radius 2 is 1.70 bits per heavy atom. The second-order valence-corrected chi connectivity index (χ2v) is 6.41. The summed E-state index contributed by atoms with van der Waals surface area (Å²) >= 11 is 0. The highest BCUT2D eigenvalue weighted by Gasteiger charge is 2.14. The van der Waals surface area contributed by atoms with Crippen LogP contribution in [0.3, 0.4) is 0 Å². The summed E-state index contributed by atoms with van der Waals surface area (Å²) in [5.74, 6) is 0.863. The van der Waals surface area contributed by atoms with E-state index in [0.29, 0.717) is 34.4 Å². The summed E-state index contributed by atoms with van der Waals surface area (Å²) in [5.41, 5.74) is 1.62. The first-order valence-corrected chi connectivity index (χ1v) is 9.44. The van der Waals surface area contributed by atoms with Crippen LogP contribution in [0.2, 0.25) is 0 Å². The van der Waals surface area contributed by atoms with E-state index in [1.807, 2.05) is 6.92 Å². The molecule has 0 aliphatic carbocycles. The third-order valence-electron chi connectivity index (χ3n) is 4.36. The summed E-state index contributed by atoms with van der Waals surface area (Å²) in [5, 5.41) is 5.95. The SMILES string of the molecule is CCOc1ccc(NC(=O)Nc2ccccc2-c2nc3ccccc3c(=O)o2)cc1. The van der Waals surface area contributed by atoms with Crippen LogP contribution in [-0.4, -0.2) is 17.6 Å². The van der Waals surface area contributed by atoms with Gasteiger partial charge in [-0.05, 0) is 55.5 Å². The average Bonchev–Trinajstić information content (AvgIpc) is 2.76. The van der Waals surface area contributed by atoms with Crippen LogP contribution in [0.1, 0.15) is 6.92 Å². The number of urea groups is 1. The Bertz CT molecular complexity index is 1250. The fourth-order valence-electron chi connectivity index (χ4n) is 3.00. The van der Waals surface area contributed by atoms with Crippen molar-refractivity contribution in [1.82, 2.24) is 4.98 Å². The van der Waals surface area contributed by atoms with Gasteiger partial charge in [-0.1, -0.05) is 24.3 Å². The number of anilines is 2. The van der Waals surface area contributed by atoms with Crippen molar-refractivity contribution >= 4 is 28.3 Å². The first-order valence-electron chi connectivity index (χ1n) is 9.44. The third kappa shape index (κ3) is 4.15. The normalized spacial score (nSPS) is 10.6. The summed E-state index contributed by atoms with van der Waals surface area (Å²) in [6.45, 7) is 2.48. The number of nitrogens with one attached hydrogen (secondary N) is 2. The van der Waals surface area contributed by atoms with Gasteiger partial charge in [-0.15, -0.1) is 0 Å². The van der Waals surface area contributed by atoms with Crippen LogP contribution in [-0.2, 0) is 0 Å². The molecule has 7 heteroatoms. The van der Waals surface area contributed by atoms with Crippen molar-refractivity contribution in [2.24, 2.45) is 0 Å². The molecule has 0 spiro atoms. The first kappa shape index (κ1) is 19.2. The van der Waals surface area contributed by atoms with Gasteiger partial charge in [0.2, 0.25) is 5.89 Å². The Morgan fingerprint density at radius 3 is 2.50 bits per heavy atom. The fraction of sp³-hybridized carbons (Fsp3) is 0.0870. The molecule has 0 bridgehead atoms. The lowest BCUT2D eigenvalue weighted by Crippen LogP contribution is -2.20. The summed E-state index contributed by atoms with van der Waals surface area (Å²) in [6, 6.07) is 20.6. The maximum absolute atomic E-state index is 12.5. The minimum atomic E-state index is -0.482. The molecule has 1 aromatic heterocycles. The van der Waals surface area contributed by atoms with Crippen molar-refractivity contribution in [3.05, 3.63) is 83.2 Å². The van der Waals surface area contributed by atoms with Crippen LogP contribution in [0.15, 0.2) is 82.0 Å². The Balaban J connectivity index is 1.58. The quantitative estimate of drug-likeness (QED) is 0.496. The largest absolute Gasteiger partial charge is 0.494 e. The van der Waals surface area contributed by atoms with Gasteiger partial charge in [0.1, 0.15) is 5.75 Å². The minimum absolute atomic E-state index is 0.135. The van der Waals surface area contributed by atoms with Crippen molar-refractivity contribution < 1.29 is 13.9 Å². The molecule has 7 nitrogen and oxygen atoms in total. The van der Waals surface area contributed by atoms with Crippen LogP contribution in [0.4, 0.5) is 16.2 Å². The lowest BCUT2D eigenvalue weighted by molar-refractivity contribution is 0.262. The number of fused-ring (bicyclic) bond motifs is 1. The average molecular weight is 401 g/mol. The van der Waals surface area contributed by atoms with Crippen molar-refractivity contribution in [2.75, 3.05) is 17.2 Å². The summed E-state index contributed by atoms with van der Waals surface area (Å²) < 4.78 is 10.8. The molecule has 0 radical (unpaired) electrons. The molecule has 1 heterocycles. The summed E-state index contributed by atoms with van der Waals surface area (Å²) in [6.07, 6.45) is 0. The summed E-state index contributed by atoms with van der Waals surface area (Å²) in [4.78, 5) is 29.2. The van der Waals surface area contributed by atoms with Gasteiger partial charge >= 0.3 is 11.7 Å². The molecule has 0 aliphatic rings. The van der Waals surface area contributed by atoms with E-state index in [9.17, 15) is 9.59 Å². The lowest BCUT2D eigenvalue weighted by Gasteiger charge is -2.11. The first-order chi connectivity index (χ1) is 14.6. The monoisotopic (exact) mass is 401 g/mol. The molecule has 4 rings (SSSR count). The molecule has 0 unspecified atom stereocenters. The van der Waals surface area contributed by atoms with Gasteiger partial charge in [-0.2, -0.15) is 0 Å². The zero-order valence-corrected chi connectivity index (χ0v) is 16.2. The molecular formula is C23H19N3O4. The number of ether oxygens (including phenoxy) is 1. The van der Waals surface area contributed by atoms with E-state index in [0.717, 1.165) is 5.75 Å². The van der Waals surface area contributed by atoms with Crippen LogP contribution < -0.4 is 21.0 Å². The number of carbonyl (C=O) groups excluding carboxylic acids is 1. The number of hydrogen-bond acceptors (Lipinski definition) is 5. The van der Waals surface area contributed by atoms with Crippen LogP contribution in [0.25, 0.3) is 22.4 Å². The lowest BCUT2D eigenvalue weighted by atomic mass is 10.1. The Kier molecular flexibility index (Phi) is 5.43. The van der Waals surface area contributed by atoms with Crippen molar-refractivity contribution in [3.8, 4) is 17.2 Å². The van der Waals surface area contributed by atoms with Crippen molar-refractivity contribution in [2.45, 2.75) is 6.92 Å². The maximum Gasteiger partial charge on any atom is 0.347 e. The van der Waals surface area contributed by atoms with Gasteiger partial charge in [-0.3, -0.25) is 0 Å². The standard InChI is InChI=1S/C23H19N3O4/c1-2-29-16-13-11-15(12-14-16)24-23(28)26-19-9-5-3-7-17(19)21-25-20-10-6-4-8-18(20)22(27)30-21/h3-14H,2H2,1H3,(H2,24,26,28). The van der Waals surface area contributed by atoms with E-state index in [-0.39, 0.29) is 5.89 Å². The molecule has 2 N–H and O–H groups in total. The number of rotatable bonds is 5. The highest BCUT2D eigenvalue weighted by atomic mass is 16.5. The van der Waals surface area contributed by atoms with Gasteiger partial charge in [0, 0.05) is 5.69 Å². The number of aromatic nitrogens is 1. The maximum atomic E-state index is 12.5. The van der Waals surface area contributed by atoms with E-state index < -0.39 is 11.7 Å². The molecular weight excluding hydrogens is 382 g/mol. The Morgan fingerprint density at radius 1 is 0.967 bits per heavy atom. The molecule has 0 aliphatic heterocycles. The van der Waals surface area contributed by atoms with Gasteiger partial charge in [-0.25, -0.2) is 14.6 Å². The van der Waals surface area contributed by atoms with E-state index >= 15 is 0 Å². The third-order valence-corrected chi connectivity index (χ3v) is 4.36. The highest BCUT2D eigenvalue weighted by Crippen LogP contribution is 2.27. The molecule has 0 saturated carbocycles. The number of nitrogens with zero attached hydrogens (tertiary/aromatic N) is 1. The minimum Gasteiger partial charge on any atom is -0.494 e. The number of amides is 2. The molecule has 0 saturated heterocycles. The topological polar surface area (TPSA) is 93.5 Å². The Hall–Kier alpha value is -4.13. The molecule has 3 aromatic carbocycles. The van der Waals surface area contributed by atoms with Crippen LogP contribution >= 0.6 is 0 Å². The molecule has 150 valence electrons. The second-order valence-electron chi connectivity index (χ2n) is 6.41. The molecule has 2 amide bonds. The van der Waals surface area contributed by atoms with Crippen LogP contribution in [0, 0.1) is 0 Å². The van der Waals surface area contributed by atoms with Crippen molar-refractivity contribution in [3.63, 3.8) is 0 Å². The molecule has 30 heavy (non-hydrogen) atoms. The van der Waals surface area contributed by atoms with Gasteiger partial charge < -0.3 is 19.8 Å². The molecule has 0 fully saturated rings. The molecule has 0 atom stereocenters. The Labute approximate surface area is 172 Å². The number of para-hydroxylation sites is 2. The summed E-state index contributed by atoms with van der Waals surface area (Å²) in [7, 11) is 0. The molecule has 4 aromatic rings. The van der Waals surface area contributed by atoms with E-state index in [4.69, 9.17) is 9.15 Å². The predicted molar refractivity (Wildman–Crippen MR) is 116 cm³/mol. The van der Waals surface area contributed by atoms with Gasteiger partial charge in [0.15, 0.2) is 0 Å². The fourth-order valence-corrected chi connectivity index (χ4v) is 3.00. The zero-order valence-electron chi connectivity index (χ0n) is 16.2. The van der Waals surface area contributed by atoms with Crippen LogP contribution in [0.5, 0.6) is 5.75 Å². The van der Waals surface area contributed by atoms with Gasteiger partial charge in [0.25, 0.3) is 0 Å². The number of hydrogen-bond donors (Lipinski definition) is 2. The highest BCUT2D eigenvalue weighted by molar-refractivity contribution is 6.02. The van der Waals surface area contributed by atoms with E-state index in [1.165, 1.54) is 0 Å². The number of carbonyl (C=O) groups is 1. The predicted octanol–water partition coefficient (Wildman–Crippen LogP) is 4.90. The smallest absolute Gasteiger partial charge is 0.347 e. The number of benzene rings is 3. The van der Waals surface area contributed by atoms with E-state index in [1.54, 1.807) is 72.8 Å². The second kappa shape index (κ2) is 8.48.